The normalized spacial score (nSPS) is 29.1. The summed E-state index contributed by atoms with van der Waals surface area (Å²) in [5.74, 6) is 0.970. The van der Waals surface area contributed by atoms with E-state index in [4.69, 9.17) is 4.74 Å². The second-order valence-corrected chi connectivity index (χ2v) is 6.89. The number of nitrogens with one attached hydrogen (secondary N) is 1. The van der Waals surface area contributed by atoms with Crippen molar-refractivity contribution in [3.05, 3.63) is 0 Å². The van der Waals surface area contributed by atoms with Crippen molar-refractivity contribution in [2.45, 2.75) is 44.9 Å². The smallest absolute Gasteiger partial charge is 0.0547 e. The fourth-order valence-corrected chi connectivity index (χ4v) is 4.25. The summed E-state index contributed by atoms with van der Waals surface area (Å²) in [5, 5.41) is 3.43. The lowest BCUT2D eigenvalue weighted by Gasteiger charge is -2.49. The van der Waals surface area contributed by atoms with Gasteiger partial charge in [0.2, 0.25) is 0 Å². The zero-order chi connectivity index (χ0) is 13.0. The first-order valence-corrected chi connectivity index (χ1v) is 8.40. The molecule has 1 aliphatic carbocycles. The van der Waals surface area contributed by atoms with Crippen molar-refractivity contribution in [2.75, 3.05) is 45.9 Å². The third-order valence-corrected chi connectivity index (χ3v) is 5.61. The number of hydrogen-bond acceptors (Lipinski definition) is 3. The molecule has 19 heavy (non-hydrogen) atoms. The molecule has 3 fully saturated rings. The van der Waals surface area contributed by atoms with Gasteiger partial charge in [-0.25, -0.2) is 0 Å². The molecule has 0 aromatic heterocycles. The van der Waals surface area contributed by atoms with E-state index in [1.54, 1.807) is 0 Å². The molecule has 3 heteroatoms. The summed E-state index contributed by atoms with van der Waals surface area (Å²) < 4.78 is 5.61. The molecule has 1 saturated carbocycles. The van der Waals surface area contributed by atoms with Gasteiger partial charge in [0.15, 0.2) is 0 Å². The lowest BCUT2D eigenvalue weighted by Crippen LogP contribution is -2.50. The van der Waals surface area contributed by atoms with E-state index >= 15 is 0 Å². The highest BCUT2D eigenvalue weighted by Gasteiger charge is 2.44. The second kappa shape index (κ2) is 6.55. The summed E-state index contributed by atoms with van der Waals surface area (Å²) in [6.45, 7) is 8.25. The first kappa shape index (κ1) is 13.8. The Morgan fingerprint density at radius 2 is 1.79 bits per heavy atom. The first-order chi connectivity index (χ1) is 9.39. The quantitative estimate of drug-likeness (QED) is 0.826. The van der Waals surface area contributed by atoms with Gasteiger partial charge in [0, 0.05) is 31.6 Å². The Morgan fingerprint density at radius 3 is 2.42 bits per heavy atom. The van der Waals surface area contributed by atoms with Gasteiger partial charge in [0.1, 0.15) is 0 Å². The van der Waals surface area contributed by atoms with Crippen molar-refractivity contribution in [3.8, 4) is 0 Å². The molecule has 0 atom stereocenters. The van der Waals surface area contributed by atoms with Gasteiger partial charge in [0.05, 0.1) is 13.2 Å². The van der Waals surface area contributed by atoms with Crippen LogP contribution < -0.4 is 5.32 Å². The molecule has 0 bridgehead atoms. The van der Waals surface area contributed by atoms with Gasteiger partial charge < -0.3 is 15.0 Å². The van der Waals surface area contributed by atoms with E-state index in [1.807, 2.05) is 0 Å². The molecule has 3 rings (SSSR count). The maximum atomic E-state index is 5.61. The van der Waals surface area contributed by atoms with Crippen LogP contribution in [-0.4, -0.2) is 50.8 Å². The maximum Gasteiger partial charge on any atom is 0.0547 e. The van der Waals surface area contributed by atoms with Crippen LogP contribution in [0.4, 0.5) is 0 Å². The fourth-order valence-electron chi connectivity index (χ4n) is 4.25. The Kier molecular flexibility index (Phi) is 4.78. The minimum atomic E-state index is 0.578. The number of nitrogens with zero attached hydrogens (tertiary/aromatic N) is 1. The molecule has 2 heterocycles. The lowest BCUT2D eigenvalue weighted by atomic mass is 9.65. The van der Waals surface area contributed by atoms with Crippen molar-refractivity contribution >= 4 is 0 Å². The van der Waals surface area contributed by atoms with Crippen LogP contribution in [0.25, 0.3) is 0 Å². The lowest BCUT2D eigenvalue weighted by molar-refractivity contribution is -0.158. The Balaban J connectivity index is 1.43. The Bertz CT molecular complexity index is 266. The van der Waals surface area contributed by atoms with Crippen LogP contribution in [0.5, 0.6) is 0 Å². The molecular formula is C16H30N2O. The summed E-state index contributed by atoms with van der Waals surface area (Å²) in [5.41, 5.74) is 0.578. The number of rotatable bonds is 5. The largest absolute Gasteiger partial charge is 0.380 e. The predicted octanol–water partition coefficient (Wildman–Crippen LogP) is 2.27. The molecule has 0 aromatic rings. The van der Waals surface area contributed by atoms with Crippen LogP contribution in [0.2, 0.25) is 0 Å². The minimum absolute atomic E-state index is 0.578. The van der Waals surface area contributed by atoms with E-state index in [0.29, 0.717) is 5.41 Å². The van der Waals surface area contributed by atoms with Gasteiger partial charge >= 0.3 is 0 Å². The van der Waals surface area contributed by atoms with E-state index in [-0.39, 0.29) is 0 Å². The average Bonchev–Trinajstić information content (AvgIpc) is 2.44. The van der Waals surface area contributed by atoms with Crippen LogP contribution in [0.15, 0.2) is 0 Å². The van der Waals surface area contributed by atoms with Crippen molar-refractivity contribution in [1.82, 2.24) is 10.2 Å². The average molecular weight is 266 g/mol. The van der Waals surface area contributed by atoms with E-state index in [1.165, 1.54) is 77.7 Å². The molecule has 110 valence electrons. The first-order valence-electron chi connectivity index (χ1n) is 8.40. The molecule has 0 radical (unpaired) electrons. The van der Waals surface area contributed by atoms with Gasteiger partial charge in [-0.15, -0.1) is 0 Å². The Morgan fingerprint density at radius 1 is 1.05 bits per heavy atom. The fraction of sp³-hybridized carbons (Fsp3) is 1.00. The SMILES string of the molecule is C1CCC(C2(CCCN3CCNCC3)COC2)CC1. The van der Waals surface area contributed by atoms with Gasteiger partial charge in [-0.1, -0.05) is 19.3 Å². The van der Waals surface area contributed by atoms with Crippen LogP contribution in [0.3, 0.4) is 0 Å². The summed E-state index contributed by atoms with van der Waals surface area (Å²) in [4.78, 5) is 2.63. The summed E-state index contributed by atoms with van der Waals surface area (Å²) >= 11 is 0. The molecular weight excluding hydrogens is 236 g/mol. The molecule has 2 aliphatic heterocycles. The van der Waals surface area contributed by atoms with Crippen LogP contribution >= 0.6 is 0 Å². The van der Waals surface area contributed by atoms with Crippen molar-refractivity contribution in [3.63, 3.8) is 0 Å². The molecule has 3 aliphatic rings. The van der Waals surface area contributed by atoms with Crippen molar-refractivity contribution in [1.29, 1.82) is 0 Å². The molecule has 0 unspecified atom stereocenters. The zero-order valence-corrected chi connectivity index (χ0v) is 12.3. The van der Waals surface area contributed by atoms with Crippen LogP contribution in [0.1, 0.15) is 44.9 Å². The molecule has 2 saturated heterocycles. The zero-order valence-electron chi connectivity index (χ0n) is 12.3. The highest BCUT2D eigenvalue weighted by molar-refractivity contribution is 4.93. The summed E-state index contributed by atoms with van der Waals surface area (Å²) in [6.07, 6.45) is 10.1. The third-order valence-electron chi connectivity index (χ3n) is 5.61. The number of ether oxygens (including phenoxy) is 1. The van der Waals surface area contributed by atoms with Gasteiger partial charge in [-0.05, 0) is 38.1 Å². The standard InChI is InChI=1S/C16H30N2O/c1-2-5-15(6-3-1)16(13-19-14-16)7-4-10-18-11-8-17-9-12-18/h15,17H,1-14H2. The van der Waals surface area contributed by atoms with Crippen molar-refractivity contribution < 1.29 is 4.74 Å². The minimum Gasteiger partial charge on any atom is -0.380 e. The molecule has 0 amide bonds. The Labute approximate surface area is 118 Å². The summed E-state index contributed by atoms with van der Waals surface area (Å²) in [7, 11) is 0. The van der Waals surface area contributed by atoms with E-state index in [2.05, 4.69) is 10.2 Å². The Hall–Kier alpha value is -0.120. The van der Waals surface area contributed by atoms with Crippen molar-refractivity contribution in [2.24, 2.45) is 11.3 Å². The van der Waals surface area contributed by atoms with E-state index in [0.717, 1.165) is 19.1 Å². The molecule has 0 spiro atoms. The highest BCUT2D eigenvalue weighted by atomic mass is 16.5. The monoisotopic (exact) mass is 266 g/mol. The summed E-state index contributed by atoms with van der Waals surface area (Å²) in [6, 6.07) is 0. The van der Waals surface area contributed by atoms with Gasteiger partial charge in [-0.3, -0.25) is 0 Å². The van der Waals surface area contributed by atoms with Crippen LogP contribution in [0, 0.1) is 11.3 Å². The number of hydrogen-bond donors (Lipinski definition) is 1. The van der Waals surface area contributed by atoms with E-state index in [9.17, 15) is 0 Å². The second-order valence-electron chi connectivity index (χ2n) is 6.89. The molecule has 1 N–H and O–H groups in total. The predicted molar refractivity (Wildman–Crippen MR) is 78.4 cm³/mol. The molecule has 0 aromatic carbocycles. The maximum absolute atomic E-state index is 5.61. The van der Waals surface area contributed by atoms with Gasteiger partial charge in [-0.2, -0.15) is 0 Å². The van der Waals surface area contributed by atoms with Crippen LogP contribution in [-0.2, 0) is 4.74 Å². The van der Waals surface area contributed by atoms with E-state index < -0.39 is 0 Å². The highest BCUT2D eigenvalue weighted by Crippen LogP contribution is 2.46. The van der Waals surface area contributed by atoms with Gasteiger partial charge in [0.25, 0.3) is 0 Å². The topological polar surface area (TPSA) is 24.5 Å². The third kappa shape index (κ3) is 3.32. The number of piperazine rings is 1. The molecule has 3 nitrogen and oxygen atoms in total.